The van der Waals surface area contributed by atoms with E-state index in [1.54, 1.807) is 18.2 Å². The molecule has 1 aliphatic rings. The molecule has 5 heteroatoms. The van der Waals surface area contributed by atoms with Crippen LogP contribution in [0.1, 0.15) is 29.6 Å². The first-order valence-electron chi connectivity index (χ1n) is 6.09. The van der Waals surface area contributed by atoms with Gasteiger partial charge >= 0.3 is 0 Å². The zero-order valence-electron chi connectivity index (χ0n) is 10.0. The van der Waals surface area contributed by atoms with E-state index in [0.29, 0.717) is 22.2 Å². The molecule has 0 bridgehead atoms. The van der Waals surface area contributed by atoms with Crippen molar-refractivity contribution in [3.8, 4) is 0 Å². The van der Waals surface area contributed by atoms with Crippen LogP contribution in [0.4, 0.5) is 0 Å². The molecule has 1 heterocycles. The van der Waals surface area contributed by atoms with Crippen molar-refractivity contribution in [3.05, 3.63) is 33.8 Å². The van der Waals surface area contributed by atoms with Gasteiger partial charge in [0, 0.05) is 24.2 Å². The van der Waals surface area contributed by atoms with Gasteiger partial charge in [-0.15, -0.1) is 0 Å². The van der Waals surface area contributed by atoms with Crippen molar-refractivity contribution in [2.75, 3.05) is 13.1 Å². The van der Waals surface area contributed by atoms with Crippen LogP contribution in [0.25, 0.3) is 0 Å². The smallest absolute Gasteiger partial charge is 0.255 e. The highest BCUT2D eigenvalue weighted by Crippen LogP contribution is 2.25. The number of benzene rings is 1. The second-order valence-electron chi connectivity index (χ2n) is 4.51. The molecule has 1 aromatic carbocycles. The Bertz CT molecular complexity index is 451. The van der Waals surface area contributed by atoms with E-state index < -0.39 is 0 Å². The molecule has 1 saturated heterocycles. The lowest BCUT2D eigenvalue weighted by Crippen LogP contribution is -2.47. The molecule has 1 amide bonds. The standard InChI is InChI=1S/C13H16Cl2N2O/c14-9-4-5-12(15)11(7-9)13(18)17-6-2-1-3-10(17)8-16/h4-5,7,10H,1-3,6,8,16H2/t10-/m0/s1. The number of hydrogen-bond donors (Lipinski definition) is 1. The first-order chi connectivity index (χ1) is 8.63. The van der Waals surface area contributed by atoms with E-state index >= 15 is 0 Å². The number of amides is 1. The van der Waals surface area contributed by atoms with Crippen LogP contribution >= 0.6 is 23.2 Å². The molecule has 1 atom stereocenters. The maximum Gasteiger partial charge on any atom is 0.255 e. The van der Waals surface area contributed by atoms with E-state index in [1.807, 2.05) is 4.90 Å². The molecule has 18 heavy (non-hydrogen) atoms. The summed E-state index contributed by atoms with van der Waals surface area (Å²) in [5.41, 5.74) is 6.19. The molecular weight excluding hydrogens is 271 g/mol. The fourth-order valence-electron chi connectivity index (χ4n) is 2.33. The Morgan fingerprint density at radius 3 is 2.89 bits per heavy atom. The predicted molar refractivity (Wildman–Crippen MR) is 74.2 cm³/mol. The molecule has 1 aromatic rings. The highest BCUT2D eigenvalue weighted by Gasteiger charge is 2.27. The van der Waals surface area contributed by atoms with Gasteiger partial charge < -0.3 is 10.6 Å². The largest absolute Gasteiger partial charge is 0.334 e. The molecule has 2 rings (SSSR count). The summed E-state index contributed by atoms with van der Waals surface area (Å²) >= 11 is 12.0. The van der Waals surface area contributed by atoms with Crippen molar-refractivity contribution >= 4 is 29.1 Å². The first-order valence-corrected chi connectivity index (χ1v) is 6.85. The van der Waals surface area contributed by atoms with Gasteiger partial charge in [-0.2, -0.15) is 0 Å². The molecule has 0 aliphatic carbocycles. The van der Waals surface area contributed by atoms with Gasteiger partial charge in [0.05, 0.1) is 10.6 Å². The van der Waals surface area contributed by atoms with E-state index in [-0.39, 0.29) is 11.9 Å². The Balaban J connectivity index is 2.26. The third-order valence-corrected chi connectivity index (χ3v) is 3.88. The summed E-state index contributed by atoms with van der Waals surface area (Å²) in [6.07, 6.45) is 3.09. The number of halogens is 2. The van der Waals surface area contributed by atoms with Crippen LogP contribution in [0.5, 0.6) is 0 Å². The molecule has 1 aliphatic heterocycles. The van der Waals surface area contributed by atoms with Gasteiger partial charge in [0.1, 0.15) is 0 Å². The average molecular weight is 287 g/mol. The van der Waals surface area contributed by atoms with Crippen molar-refractivity contribution in [1.29, 1.82) is 0 Å². The first kappa shape index (κ1) is 13.7. The molecule has 3 nitrogen and oxygen atoms in total. The van der Waals surface area contributed by atoms with Gasteiger partial charge in [0.25, 0.3) is 5.91 Å². The van der Waals surface area contributed by atoms with Crippen LogP contribution in [0.2, 0.25) is 10.0 Å². The van der Waals surface area contributed by atoms with E-state index in [0.717, 1.165) is 25.8 Å². The molecule has 0 unspecified atom stereocenters. The van der Waals surface area contributed by atoms with Crippen molar-refractivity contribution in [2.45, 2.75) is 25.3 Å². The fourth-order valence-corrected chi connectivity index (χ4v) is 2.70. The molecule has 98 valence electrons. The summed E-state index contributed by atoms with van der Waals surface area (Å²) in [4.78, 5) is 14.3. The summed E-state index contributed by atoms with van der Waals surface area (Å²) in [7, 11) is 0. The van der Waals surface area contributed by atoms with Gasteiger partial charge in [-0.25, -0.2) is 0 Å². The zero-order chi connectivity index (χ0) is 13.1. The lowest BCUT2D eigenvalue weighted by molar-refractivity contribution is 0.0623. The number of carbonyl (C=O) groups is 1. The average Bonchev–Trinajstić information content (AvgIpc) is 2.40. The van der Waals surface area contributed by atoms with E-state index in [1.165, 1.54) is 0 Å². The minimum Gasteiger partial charge on any atom is -0.334 e. The van der Waals surface area contributed by atoms with Crippen LogP contribution < -0.4 is 5.73 Å². The summed E-state index contributed by atoms with van der Waals surface area (Å²) in [5.74, 6) is -0.0716. The highest BCUT2D eigenvalue weighted by molar-refractivity contribution is 6.35. The van der Waals surface area contributed by atoms with Crippen LogP contribution in [-0.2, 0) is 0 Å². The molecular formula is C13H16Cl2N2O. The number of likely N-dealkylation sites (tertiary alicyclic amines) is 1. The van der Waals surface area contributed by atoms with Gasteiger partial charge in [0.15, 0.2) is 0 Å². The van der Waals surface area contributed by atoms with Crippen molar-refractivity contribution in [3.63, 3.8) is 0 Å². The van der Waals surface area contributed by atoms with E-state index in [4.69, 9.17) is 28.9 Å². The van der Waals surface area contributed by atoms with Crippen LogP contribution in [-0.4, -0.2) is 29.9 Å². The third-order valence-electron chi connectivity index (χ3n) is 3.32. The molecule has 0 aromatic heterocycles. The maximum atomic E-state index is 12.5. The minimum atomic E-state index is -0.0716. The second-order valence-corrected chi connectivity index (χ2v) is 5.35. The molecule has 2 N–H and O–H groups in total. The van der Waals surface area contributed by atoms with Crippen molar-refractivity contribution in [2.24, 2.45) is 5.73 Å². The Hall–Kier alpha value is -0.770. The number of nitrogens with zero attached hydrogens (tertiary/aromatic N) is 1. The number of hydrogen-bond acceptors (Lipinski definition) is 2. The van der Waals surface area contributed by atoms with E-state index in [9.17, 15) is 4.79 Å². The van der Waals surface area contributed by atoms with Crippen LogP contribution in [0, 0.1) is 0 Å². The summed E-state index contributed by atoms with van der Waals surface area (Å²) < 4.78 is 0. The van der Waals surface area contributed by atoms with E-state index in [2.05, 4.69) is 0 Å². The lowest BCUT2D eigenvalue weighted by atomic mass is 10.0. The Morgan fingerprint density at radius 2 is 2.17 bits per heavy atom. The number of carbonyl (C=O) groups excluding carboxylic acids is 1. The highest BCUT2D eigenvalue weighted by atomic mass is 35.5. The molecule has 0 saturated carbocycles. The Morgan fingerprint density at radius 1 is 1.39 bits per heavy atom. The Labute approximate surface area is 117 Å². The summed E-state index contributed by atoms with van der Waals surface area (Å²) in [6.45, 7) is 1.23. The summed E-state index contributed by atoms with van der Waals surface area (Å²) in [5, 5.41) is 0.954. The van der Waals surface area contributed by atoms with Gasteiger partial charge in [-0.1, -0.05) is 23.2 Å². The normalized spacial score (nSPS) is 19.9. The Kier molecular flexibility index (Phi) is 4.49. The quantitative estimate of drug-likeness (QED) is 0.909. The minimum absolute atomic E-state index is 0.0716. The molecule has 0 spiro atoms. The monoisotopic (exact) mass is 286 g/mol. The lowest BCUT2D eigenvalue weighted by Gasteiger charge is -2.35. The van der Waals surface area contributed by atoms with Gasteiger partial charge in [-0.05, 0) is 37.5 Å². The molecule has 1 fully saturated rings. The van der Waals surface area contributed by atoms with Gasteiger partial charge in [0.2, 0.25) is 0 Å². The number of rotatable bonds is 2. The molecule has 0 radical (unpaired) electrons. The second kappa shape index (κ2) is 5.91. The predicted octanol–water partition coefficient (Wildman–Crippen LogP) is 2.95. The third kappa shape index (κ3) is 2.79. The maximum absolute atomic E-state index is 12.5. The SMILES string of the molecule is NC[C@@H]1CCCCN1C(=O)c1cc(Cl)ccc1Cl. The number of piperidine rings is 1. The van der Waals surface area contributed by atoms with Crippen molar-refractivity contribution < 1.29 is 4.79 Å². The fraction of sp³-hybridized carbons (Fsp3) is 0.462. The zero-order valence-corrected chi connectivity index (χ0v) is 11.5. The van der Waals surface area contributed by atoms with Crippen molar-refractivity contribution in [1.82, 2.24) is 4.90 Å². The summed E-state index contributed by atoms with van der Waals surface area (Å²) in [6, 6.07) is 5.06. The van der Waals surface area contributed by atoms with Crippen LogP contribution in [0.3, 0.4) is 0 Å². The topological polar surface area (TPSA) is 46.3 Å². The van der Waals surface area contributed by atoms with Gasteiger partial charge in [-0.3, -0.25) is 4.79 Å². The van der Waals surface area contributed by atoms with Crippen LogP contribution in [0.15, 0.2) is 18.2 Å². The number of nitrogens with two attached hydrogens (primary N) is 1.